The van der Waals surface area contributed by atoms with E-state index in [1.807, 2.05) is 32.3 Å². The van der Waals surface area contributed by atoms with Crippen LogP contribution in [-0.2, 0) is 6.42 Å². The smallest absolute Gasteiger partial charge is 0.0438 e. The molecule has 0 amide bonds. The topological polar surface area (TPSA) is 24.9 Å². The molecule has 0 aliphatic rings. The van der Waals surface area contributed by atoms with E-state index >= 15 is 0 Å². The van der Waals surface area contributed by atoms with Crippen molar-refractivity contribution in [3.05, 3.63) is 64.4 Å². The zero-order chi connectivity index (χ0) is 13.7. The van der Waals surface area contributed by atoms with Gasteiger partial charge in [-0.3, -0.25) is 4.98 Å². The SMILES string of the molecule is CNC(CCc1ccccn1)c1ccc(C)c(Cl)c1. The molecule has 100 valence electrons. The van der Waals surface area contributed by atoms with Crippen molar-refractivity contribution in [2.75, 3.05) is 7.05 Å². The lowest BCUT2D eigenvalue weighted by molar-refractivity contribution is 0.545. The van der Waals surface area contributed by atoms with Gasteiger partial charge >= 0.3 is 0 Å². The average molecular weight is 275 g/mol. The number of hydrogen-bond donors (Lipinski definition) is 1. The first kappa shape index (κ1) is 14.0. The van der Waals surface area contributed by atoms with Crippen LogP contribution in [0.5, 0.6) is 0 Å². The number of benzene rings is 1. The van der Waals surface area contributed by atoms with Crippen LogP contribution in [0.1, 0.15) is 29.3 Å². The third-order valence-corrected chi connectivity index (χ3v) is 3.77. The molecule has 1 unspecified atom stereocenters. The molecule has 2 aromatic rings. The highest BCUT2D eigenvalue weighted by molar-refractivity contribution is 6.31. The highest BCUT2D eigenvalue weighted by Crippen LogP contribution is 2.24. The van der Waals surface area contributed by atoms with E-state index in [0.29, 0.717) is 6.04 Å². The second-order valence-corrected chi connectivity index (χ2v) is 5.12. The summed E-state index contributed by atoms with van der Waals surface area (Å²) in [4.78, 5) is 4.36. The van der Waals surface area contributed by atoms with Crippen LogP contribution < -0.4 is 5.32 Å². The largest absolute Gasteiger partial charge is 0.313 e. The van der Waals surface area contributed by atoms with Gasteiger partial charge in [0.1, 0.15) is 0 Å². The summed E-state index contributed by atoms with van der Waals surface area (Å²) in [5.74, 6) is 0. The van der Waals surface area contributed by atoms with E-state index in [4.69, 9.17) is 11.6 Å². The fourth-order valence-corrected chi connectivity index (χ4v) is 2.33. The molecule has 1 aromatic carbocycles. The molecule has 2 nitrogen and oxygen atoms in total. The van der Waals surface area contributed by atoms with Crippen molar-refractivity contribution in [2.24, 2.45) is 0 Å². The van der Waals surface area contributed by atoms with Crippen molar-refractivity contribution >= 4 is 11.6 Å². The number of pyridine rings is 1. The van der Waals surface area contributed by atoms with Crippen LogP contribution in [0.15, 0.2) is 42.6 Å². The van der Waals surface area contributed by atoms with Crippen molar-refractivity contribution < 1.29 is 0 Å². The van der Waals surface area contributed by atoms with Gasteiger partial charge in [0, 0.05) is 23.0 Å². The minimum atomic E-state index is 0.306. The van der Waals surface area contributed by atoms with Gasteiger partial charge in [-0.1, -0.05) is 29.8 Å². The Balaban J connectivity index is 2.05. The third-order valence-electron chi connectivity index (χ3n) is 3.36. The second-order valence-electron chi connectivity index (χ2n) is 4.71. The first-order chi connectivity index (χ1) is 9.20. The van der Waals surface area contributed by atoms with Crippen LogP contribution in [-0.4, -0.2) is 12.0 Å². The fraction of sp³-hybridized carbons (Fsp3) is 0.312. The number of aryl methyl sites for hydroxylation is 2. The van der Waals surface area contributed by atoms with E-state index in [9.17, 15) is 0 Å². The minimum Gasteiger partial charge on any atom is -0.313 e. The lowest BCUT2D eigenvalue weighted by Crippen LogP contribution is -2.17. The van der Waals surface area contributed by atoms with Gasteiger partial charge in [-0.25, -0.2) is 0 Å². The summed E-state index contributed by atoms with van der Waals surface area (Å²) in [6.07, 6.45) is 3.80. The number of nitrogens with one attached hydrogen (secondary N) is 1. The van der Waals surface area contributed by atoms with Crippen molar-refractivity contribution in [2.45, 2.75) is 25.8 Å². The fourth-order valence-electron chi connectivity index (χ4n) is 2.14. The summed E-state index contributed by atoms with van der Waals surface area (Å²) in [5, 5.41) is 4.18. The second kappa shape index (κ2) is 6.69. The molecule has 0 spiro atoms. The zero-order valence-corrected chi connectivity index (χ0v) is 12.1. The zero-order valence-electron chi connectivity index (χ0n) is 11.4. The molecule has 1 heterocycles. The van der Waals surface area contributed by atoms with E-state index in [0.717, 1.165) is 29.1 Å². The first-order valence-corrected chi connectivity index (χ1v) is 6.91. The summed E-state index contributed by atoms with van der Waals surface area (Å²) in [7, 11) is 1.98. The summed E-state index contributed by atoms with van der Waals surface area (Å²) in [5.41, 5.74) is 3.47. The molecule has 1 N–H and O–H groups in total. The molecule has 19 heavy (non-hydrogen) atoms. The number of nitrogens with zero attached hydrogens (tertiary/aromatic N) is 1. The summed E-state index contributed by atoms with van der Waals surface area (Å²) >= 11 is 6.19. The van der Waals surface area contributed by atoms with E-state index in [-0.39, 0.29) is 0 Å². The van der Waals surface area contributed by atoms with Gasteiger partial charge in [0.25, 0.3) is 0 Å². The predicted octanol–water partition coefficient (Wildman–Crippen LogP) is 3.94. The van der Waals surface area contributed by atoms with E-state index in [1.54, 1.807) is 0 Å². The predicted molar refractivity (Wildman–Crippen MR) is 80.5 cm³/mol. The molecule has 3 heteroatoms. The van der Waals surface area contributed by atoms with Gasteiger partial charge in [-0.15, -0.1) is 0 Å². The maximum Gasteiger partial charge on any atom is 0.0438 e. The van der Waals surface area contributed by atoms with Crippen molar-refractivity contribution in [3.8, 4) is 0 Å². The number of aromatic nitrogens is 1. The lowest BCUT2D eigenvalue weighted by atomic mass is 10.00. The van der Waals surface area contributed by atoms with Gasteiger partial charge in [0.15, 0.2) is 0 Å². The summed E-state index contributed by atoms with van der Waals surface area (Å²) in [6.45, 7) is 2.02. The number of rotatable bonds is 5. The molecule has 0 bridgehead atoms. The Morgan fingerprint density at radius 2 is 2.11 bits per heavy atom. The number of halogens is 1. The monoisotopic (exact) mass is 274 g/mol. The Bertz CT molecular complexity index is 526. The van der Waals surface area contributed by atoms with Gasteiger partial charge in [0.05, 0.1) is 0 Å². The van der Waals surface area contributed by atoms with Crippen LogP contribution in [0.4, 0.5) is 0 Å². The molecule has 0 saturated heterocycles. The Morgan fingerprint density at radius 1 is 1.26 bits per heavy atom. The highest BCUT2D eigenvalue weighted by atomic mass is 35.5. The van der Waals surface area contributed by atoms with Crippen LogP contribution in [0.3, 0.4) is 0 Å². The first-order valence-electron chi connectivity index (χ1n) is 6.54. The van der Waals surface area contributed by atoms with E-state index in [1.165, 1.54) is 5.56 Å². The maximum atomic E-state index is 6.19. The van der Waals surface area contributed by atoms with Crippen molar-refractivity contribution in [1.82, 2.24) is 10.3 Å². The van der Waals surface area contributed by atoms with Crippen LogP contribution in [0.2, 0.25) is 5.02 Å². The molecule has 2 rings (SSSR count). The van der Waals surface area contributed by atoms with Crippen molar-refractivity contribution in [1.29, 1.82) is 0 Å². The molecule has 1 atom stereocenters. The van der Waals surface area contributed by atoms with Crippen LogP contribution in [0.25, 0.3) is 0 Å². The van der Waals surface area contributed by atoms with Gasteiger partial charge < -0.3 is 5.32 Å². The van der Waals surface area contributed by atoms with Gasteiger partial charge in [-0.2, -0.15) is 0 Å². The molecule has 0 saturated carbocycles. The molecule has 0 aliphatic carbocycles. The quantitative estimate of drug-likeness (QED) is 0.893. The van der Waals surface area contributed by atoms with Gasteiger partial charge in [0.2, 0.25) is 0 Å². The molecule has 1 aromatic heterocycles. The molecular weight excluding hydrogens is 256 g/mol. The van der Waals surface area contributed by atoms with Gasteiger partial charge in [-0.05, 0) is 56.1 Å². The highest BCUT2D eigenvalue weighted by Gasteiger charge is 2.10. The van der Waals surface area contributed by atoms with Crippen LogP contribution >= 0.6 is 11.6 Å². The van der Waals surface area contributed by atoms with Crippen molar-refractivity contribution in [3.63, 3.8) is 0 Å². The Kier molecular flexibility index (Phi) is 4.94. The molecule has 0 aliphatic heterocycles. The Morgan fingerprint density at radius 3 is 2.74 bits per heavy atom. The van der Waals surface area contributed by atoms with Crippen LogP contribution in [0, 0.1) is 6.92 Å². The summed E-state index contributed by atoms with van der Waals surface area (Å²) < 4.78 is 0. The molecule has 0 radical (unpaired) electrons. The van der Waals surface area contributed by atoms with E-state index < -0.39 is 0 Å². The Hall–Kier alpha value is -1.38. The third kappa shape index (κ3) is 3.79. The summed E-state index contributed by atoms with van der Waals surface area (Å²) in [6, 6.07) is 12.6. The maximum absolute atomic E-state index is 6.19. The van der Waals surface area contributed by atoms with E-state index in [2.05, 4.69) is 34.6 Å². The molecular formula is C16H19ClN2. The lowest BCUT2D eigenvalue weighted by Gasteiger charge is -2.17. The Labute approximate surface area is 119 Å². The molecule has 0 fully saturated rings. The average Bonchev–Trinajstić information content (AvgIpc) is 2.44. The normalized spacial score (nSPS) is 12.4. The minimum absolute atomic E-state index is 0.306. The standard InChI is InChI=1S/C16H19ClN2/c1-12-6-7-13(11-15(12)17)16(18-2)9-8-14-5-3-4-10-19-14/h3-7,10-11,16,18H,8-9H2,1-2H3. The number of hydrogen-bond acceptors (Lipinski definition) is 2.